The molecule has 0 aromatic heterocycles. The van der Waals surface area contributed by atoms with E-state index in [1.807, 2.05) is 49.4 Å². The number of carbonyl (C=O) groups is 4. The lowest BCUT2D eigenvalue weighted by Crippen LogP contribution is -2.54. The molecule has 3 rings (SSSR count). The van der Waals surface area contributed by atoms with Crippen molar-refractivity contribution >= 4 is 23.9 Å². The van der Waals surface area contributed by atoms with Crippen LogP contribution in [0.3, 0.4) is 0 Å². The van der Waals surface area contributed by atoms with Gasteiger partial charge in [-0.3, -0.25) is 14.4 Å². The second-order valence-electron chi connectivity index (χ2n) is 10.5. The van der Waals surface area contributed by atoms with Crippen LogP contribution in [0.25, 0.3) is 0 Å². The lowest BCUT2D eigenvalue weighted by atomic mass is 9.99. The van der Waals surface area contributed by atoms with E-state index in [1.54, 1.807) is 37.8 Å². The van der Waals surface area contributed by atoms with Crippen LogP contribution in [0.4, 0.5) is 4.79 Å². The number of amides is 3. The summed E-state index contributed by atoms with van der Waals surface area (Å²) in [5.74, 6) is -1.50. The highest BCUT2D eigenvalue weighted by Crippen LogP contribution is 2.36. The minimum atomic E-state index is -1.00. The Bertz CT molecular complexity index is 1120. The van der Waals surface area contributed by atoms with Crippen LogP contribution < -0.4 is 10.6 Å². The molecular formula is C29H37N3O6. The summed E-state index contributed by atoms with van der Waals surface area (Å²) < 4.78 is 10.1. The molecule has 1 saturated carbocycles. The Morgan fingerprint density at radius 3 is 2.18 bits per heavy atom. The largest absolute Gasteiger partial charge is 0.468 e. The number of alkyl carbamates (subject to hydrolysis) is 1. The van der Waals surface area contributed by atoms with Crippen LogP contribution in [0, 0.1) is 6.92 Å². The van der Waals surface area contributed by atoms with E-state index in [9.17, 15) is 19.2 Å². The fourth-order valence-electron chi connectivity index (χ4n) is 4.07. The predicted octanol–water partition coefficient (Wildman–Crippen LogP) is 3.45. The molecule has 2 unspecified atom stereocenters. The molecule has 2 atom stereocenters. The summed E-state index contributed by atoms with van der Waals surface area (Å²) in [7, 11) is 1.24. The number of nitrogens with zero attached hydrogens (tertiary/aromatic N) is 1. The van der Waals surface area contributed by atoms with E-state index in [4.69, 9.17) is 4.74 Å². The Labute approximate surface area is 223 Å². The van der Waals surface area contributed by atoms with Crippen LogP contribution in [0.1, 0.15) is 56.3 Å². The third kappa shape index (κ3) is 8.33. The second kappa shape index (κ2) is 12.6. The predicted molar refractivity (Wildman–Crippen MR) is 142 cm³/mol. The number of aryl methyl sites for hydroxylation is 1. The van der Waals surface area contributed by atoms with E-state index in [1.165, 1.54) is 7.11 Å². The van der Waals surface area contributed by atoms with E-state index in [0.29, 0.717) is 5.56 Å². The highest BCUT2D eigenvalue weighted by molar-refractivity contribution is 5.93. The minimum absolute atomic E-state index is 0.184. The van der Waals surface area contributed by atoms with Crippen LogP contribution in [0.5, 0.6) is 0 Å². The molecule has 0 saturated heterocycles. The molecule has 2 aromatic rings. The zero-order valence-electron chi connectivity index (χ0n) is 22.7. The van der Waals surface area contributed by atoms with Gasteiger partial charge in [-0.1, -0.05) is 60.2 Å². The molecule has 0 aliphatic heterocycles. The Kier molecular flexibility index (Phi) is 9.50. The third-order valence-electron chi connectivity index (χ3n) is 6.02. The van der Waals surface area contributed by atoms with Gasteiger partial charge in [0.15, 0.2) is 0 Å². The quantitative estimate of drug-likeness (QED) is 0.461. The number of hydrogen-bond donors (Lipinski definition) is 2. The van der Waals surface area contributed by atoms with Gasteiger partial charge in [0.05, 0.1) is 7.11 Å². The summed E-state index contributed by atoms with van der Waals surface area (Å²) in [6.07, 6.45) is 0.947. The molecule has 38 heavy (non-hydrogen) atoms. The third-order valence-corrected chi connectivity index (χ3v) is 6.02. The fraction of sp³-hybridized carbons (Fsp3) is 0.448. The number of nitrogens with one attached hydrogen (secondary N) is 2. The molecule has 0 heterocycles. The molecule has 1 fully saturated rings. The topological polar surface area (TPSA) is 114 Å². The van der Waals surface area contributed by atoms with Crippen LogP contribution in [-0.2, 0) is 30.3 Å². The van der Waals surface area contributed by atoms with Crippen molar-refractivity contribution in [1.82, 2.24) is 15.5 Å². The van der Waals surface area contributed by atoms with E-state index in [-0.39, 0.29) is 19.0 Å². The van der Waals surface area contributed by atoms with Crippen molar-refractivity contribution in [2.75, 3.05) is 13.7 Å². The Morgan fingerprint density at radius 2 is 1.63 bits per heavy atom. The fourth-order valence-corrected chi connectivity index (χ4v) is 4.07. The van der Waals surface area contributed by atoms with Gasteiger partial charge in [-0.25, -0.2) is 4.79 Å². The number of ether oxygens (including phenoxy) is 2. The van der Waals surface area contributed by atoms with Gasteiger partial charge in [0.1, 0.15) is 24.2 Å². The van der Waals surface area contributed by atoms with Gasteiger partial charge in [0.25, 0.3) is 0 Å². The maximum Gasteiger partial charge on any atom is 0.408 e. The van der Waals surface area contributed by atoms with Gasteiger partial charge in [0.2, 0.25) is 11.8 Å². The monoisotopic (exact) mass is 523 g/mol. The Morgan fingerprint density at radius 1 is 1.00 bits per heavy atom. The summed E-state index contributed by atoms with van der Waals surface area (Å²) in [5.41, 5.74) is 1.70. The number of benzene rings is 2. The molecule has 0 radical (unpaired) electrons. The highest BCUT2D eigenvalue weighted by Gasteiger charge is 2.44. The first kappa shape index (κ1) is 28.7. The number of methoxy groups -OCH3 is 1. The molecule has 0 bridgehead atoms. The average Bonchev–Trinajstić information content (AvgIpc) is 3.70. The SMILES string of the molecule is COC(=O)CNC(=O)C(c1ccc(C)cc1)N(C(=O)C(Cc1ccccc1)NC(=O)OC(C)(C)C)C1CC1. The molecule has 0 spiro atoms. The molecule has 1 aliphatic rings. The van der Waals surface area contributed by atoms with E-state index < -0.39 is 41.6 Å². The highest BCUT2D eigenvalue weighted by atomic mass is 16.6. The first-order valence-electron chi connectivity index (χ1n) is 12.7. The average molecular weight is 524 g/mol. The minimum Gasteiger partial charge on any atom is -0.468 e. The van der Waals surface area contributed by atoms with Gasteiger partial charge in [-0.15, -0.1) is 0 Å². The Hall–Kier alpha value is -3.88. The van der Waals surface area contributed by atoms with Crippen LogP contribution >= 0.6 is 0 Å². The summed E-state index contributed by atoms with van der Waals surface area (Å²) in [5, 5.41) is 5.35. The lowest BCUT2D eigenvalue weighted by Gasteiger charge is -2.34. The zero-order valence-corrected chi connectivity index (χ0v) is 22.7. The Balaban J connectivity index is 1.97. The number of carbonyl (C=O) groups excluding carboxylic acids is 4. The molecule has 1 aliphatic carbocycles. The van der Waals surface area contributed by atoms with Crippen LogP contribution in [0.15, 0.2) is 54.6 Å². The zero-order chi connectivity index (χ0) is 27.9. The van der Waals surface area contributed by atoms with Crippen molar-refractivity contribution in [2.24, 2.45) is 0 Å². The summed E-state index contributed by atoms with van der Waals surface area (Å²) in [6, 6.07) is 14.5. The van der Waals surface area contributed by atoms with E-state index >= 15 is 0 Å². The van der Waals surface area contributed by atoms with Gasteiger partial charge >= 0.3 is 12.1 Å². The molecule has 3 amide bonds. The van der Waals surface area contributed by atoms with Crippen LogP contribution in [0.2, 0.25) is 0 Å². The number of esters is 1. The maximum atomic E-state index is 14.2. The smallest absolute Gasteiger partial charge is 0.408 e. The van der Waals surface area contributed by atoms with Gasteiger partial charge in [-0.2, -0.15) is 0 Å². The molecule has 9 heteroatoms. The van der Waals surface area contributed by atoms with Crippen molar-refractivity contribution in [3.8, 4) is 0 Å². The maximum absolute atomic E-state index is 14.2. The summed E-state index contributed by atoms with van der Waals surface area (Å²) >= 11 is 0. The van der Waals surface area contributed by atoms with Crippen molar-refractivity contribution in [3.63, 3.8) is 0 Å². The lowest BCUT2D eigenvalue weighted by molar-refractivity contribution is -0.145. The summed E-state index contributed by atoms with van der Waals surface area (Å²) in [6.45, 7) is 6.84. The molecule has 2 N–H and O–H groups in total. The van der Waals surface area contributed by atoms with E-state index in [0.717, 1.165) is 24.0 Å². The van der Waals surface area contributed by atoms with Gasteiger partial charge in [0, 0.05) is 12.5 Å². The van der Waals surface area contributed by atoms with Crippen molar-refractivity contribution in [3.05, 3.63) is 71.3 Å². The van der Waals surface area contributed by atoms with E-state index in [2.05, 4.69) is 15.4 Å². The van der Waals surface area contributed by atoms with Crippen molar-refractivity contribution < 1.29 is 28.7 Å². The normalized spacial score (nSPS) is 14.6. The second-order valence-corrected chi connectivity index (χ2v) is 10.5. The molecule has 9 nitrogen and oxygen atoms in total. The van der Waals surface area contributed by atoms with Gasteiger partial charge < -0.3 is 25.0 Å². The molecular weight excluding hydrogens is 486 g/mol. The summed E-state index contributed by atoms with van der Waals surface area (Å²) in [4.78, 5) is 53.7. The van der Waals surface area contributed by atoms with Crippen molar-refractivity contribution in [1.29, 1.82) is 0 Å². The number of rotatable bonds is 10. The molecule has 2 aromatic carbocycles. The van der Waals surface area contributed by atoms with Crippen molar-refractivity contribution in [2.45, 2.75) is 70.7 Å². The van der Waals surface area contributed by atoms with Gasteiger partial charge in [-0.05, 0) is 51.7 Å². The first-order valence-corrected chi connectivity index (χ1v) is 12.7. The first-order chi connectivity index (χ1) is 18.0. The number of hydrogen-bond acceptors (Lipinski definition) is 6. The standard InChI is InChI=1S/C29H37N3O6/c1-19-11-13-21(14-12-19)25(26(34)30-18-24(33)37-5)32(22-15-16-22)27(35)23(17-20-9-7-6-8-10-20)31-28(36)38-29(2,3)4/h6-14,22-23,25H,15-18H2,1-5H3,(H,30,34)(H,31,36). The van der Waals surface area contributed by atoms with Crippen LogP contribution in [-0.4, -0.2) is 60.1 Å². The molecule has 204 valence electrons.